The highest BCUT2D eigenvalue weighted by Gasteiger charge is 2.26. The van der Waals surface area contributed by atoms with Gasteiger partial charge in [0.05, 0.1) is 0 Å². The van der Waals surface area contributed by atoms with Gasteiger partial charge in [0.25, 0.3) is 0 Å². The van der Waals surface area contributed by atoms with Gasteiger partial charge in [0.2, 0.25) is 10.0 Å². The molecule has 1 saturated heterocycles. The van der Waals surface area contributed by atoms with Gasteiger partial charge >= 0.3 is 0 Å². The third-order valence-electron chi connectivity index (χ3n) is 3.47. The van der Waals surface area contributed by atoms with Crippen molar-refractivity contribution in [3.8, 4) is 0 Å². The normalized spacial score (nSPS) is 20.8. The Morgan fingerprint density at radius 3 is 3.05 bits per heavy atom. The van der Waals surface area contributed by atoms with Crippen LogP contribution in [0.3, 0.4) is 0 Å². The van der Waals surface area contributed by atoms with E-state index in [4.69, 9.17) is 5.84 Å². The summed E-state index contributed by atoms with van der Waals surface area (Å²) in [6, 6.07) is 3.00. The summed E-state index contributed by atoms with van der Waals surface area (Å²) in [5.74, 6) is 5.47. The maximum Gasteiger partial charge on any atom is 0.244 e. The fourth-order valence-electron chi connectivity index (χ4n) is 2.44. The van der Waals surface area contributed by atoms with E-state index in [0.717, 1.165) is 32.5 Å². The van der Waals surface area contributed by atoms with Crippen LogP contribution in [0.25, 0.3) is 0 Å². The highest BCUT2D eigenvalue weighted by molar-refractivity contribution is 7.89. The first-order valence-electron chi connectivity index (χ1n) is 6.73. The summed E-state index contributed by atoms with van der Waals surface area (Å²) < 4.78 is 27.6. The molecule has 0 bridgehead atoms. The maximum atomic E-state index is 12.4. The Morgan fingerprint density at radius 1 is 1.55 bits per heavy atom. The van der Waals surface area contributed by atoms with Crippen molar-refractivity contribution in [2.45, 2.75) is 30.7 Å². The number of aromatic nitrogens is 1. The van der Waals surface area contributed by atoms with E-state index in [9.17, 15) is 8.42 Å². The van der Waals surface area contributed by atoms with Crippen LogP contribution in [-0.2, 0) is 10.0 Å². The summed E-state index contributed by atoms with van der Waals surface area (Å²) >= 11 is 0. The molecule has 112 valence electrons. The molecule has 1 fully saturated rings. The summed E-state index contributed by atoms with van der Waals surface area (Å²) in [4.78, 5) is 6.24. The molecule has 0 amide bonds. The Bertz CT molecular complexity index is 549. The lowest BCUT2D eigenvalue weighted by atomic mass is 10.1. The monoisotopic (exact) mass is 299 g/mol. The van der Waals surface area contributed by atoms with Gasteiger partial charge in [0.1, 0.15) is 4.90 Å². The number of sulfonamides is 1. The van der Waals surface area contributed by atoms with Crippen LogP contribution in [0.15, 0.2) is 23.2 Å². The molecule has 2 heterocycles. The summed E-state index contributed by atoms with van der Waals surface area (Å²) in [6.45, 7) is 4.77. The van der Waals surface area contributed by atoms with Crippen molar-refractivity contribution < 1.29 is 8.42 Å². The number of hydrogen-bond donors (Lipinski definition) is 3. The molecule has 1 atom stereocenters. The van der Waals surface area contributed by atoms with E-state index in [1.165, 1.54) is 12.3 Å². The second-order valence-electron chi connectivity index (χ2n) is 4.85. The molecule has 7 nitrogen and oxygen atoms in total. The molecular weight excluding hydrogens is 278 g/mol. The lowest BCUT2D eigenvalue weighted by molar-refractivity contribution is 0.211. The smallest absolute Gasteiger partial charge is 0.244 e. The molecule has 0 aromatic carbocycles. The topological polar surface area (TPSA) is 100 Å². The number of rotatable bonds is 5. The van der Waals surface area contributed by atoms with Crippen LogP contribution in [0.2, 0.25) is 0 Å². The zero-order chi connectivity index (χ0) is 14.6. The Kier molecular flexibility index (Phi) is 4.92. The first kappa shape index (κ1) is 15.2. The molecule has 0 aliphatic carbocycles. The van der Waals surface area contributed by atoms with Crippen molar-refractivity contribution in [3.05, 3.63) is 18.3 Å². The second kappa shape index (κ2) is 6.49. The molecule has 1 unspecified atom stereocenters. The SMILES string of the molecule is CCN1CCCC(NS(=O)(=O)c2cccnc2NN)C1. The number of anilines is 1. The quantitative estimate of drug-likeness (QED) is 0.528. The van der Waals surface area contributed by atoms with Crippen LogP contribution in [-0.4, -0.2) is 44.0 Å². The molecule has 1 aliphatic rings. The molecule has 1 aromatic rings. The molecule has 1 aliphatic heterocycles. The van der Waals surface area contributed by atoms with Gasteiger partial charge in [-0.25, -0.2) is 24.0 Å². The number of nitrogen functional groups attached to an aromatic ring is 1. The fraction of sp³-hybridized carbons (Fsp3) is 0.583. The molecule has 1 aromatic heterocycles. The van der Waals surface area contributed by atoms with E-state index >= 15 is 0 Å². The first-order valence-corrected chi connectivity index (χ1v) is 8.21. The van der Waals surface area contributed by atoms with Crippen LogP contribution in [0.5, 0.6) is 0 Å². The molecular formula is C12H21N5O2S. The van der Waals surface area contributed by atoms with Crippen molar-refractivity contribution >= 4 is 15.8 Å². The van der Waals surface area contributed by atoms with Crippen LogP contribution in [0.4, 0.5) is 5.82 Å². The average Bonchev–Trinajstić information content (AvgIpc) is 2.47. The summed E-state index contributed by atoms with van der Waals surface area (Å²) in [6.07, 6.45) is 3.34. The van der Waals surface area contributed by atoms with Crippen molar-refractivity contribution in [3.63, 3.8) is 0 Å². The molecule has 8 heteroatoms. The van der Waals surface area contributed by atoms with E-state index in [1.54, 1.807) is 6.07 Å². The Hall–Kier alpha value is -1.22. The van der Waals surface area contributed by atoms with Crippen LogP contribution < -0.4 is 16.0 Å². The number of hydrazine groups is 1. The van der Waals surface area contributed by atoms with E-state index in [1.807, 2.05) is 0 Å². The zero-order valence-electron chi connectivity index (χ0n) is 11.5. The van der Waals surface area contributed by atoms with Crippen LogP contribution in [0.1, 0.15) is 19.8 Å². The van der Waals surface area contributed by atoms with Crippen molar-refractivity contribution in [2.75, 3.05) is 25.1 Å². The van der Waals surface area contributed by atoms with E-state index < -0.39 is 10.0 Å². The first-order chi connectivity index (χ1) is 9.56. The van der Waals surface area contributed by atoms with Gasteiger partial charge in [-0.3, -0.25) is 0 Å². The molecule has 20 heavy (non-hydrogen) atoms. The van der Waals surface area contributed by atoms with Gasteiger partial charge in [-0.2, -0.15) is 0 Å². The van der Waals surface area contributed by atoms with Crippen LogP contribution in [0, 0.1) is 0 Å². The van der Waals surface area contributed by atoms with E-state index in [-0.39, 0.29) is 16.8 Å². The lowest BCUT2D eigenvalue weighted by Gasteiger charge is -2.32. The Morgan fingerprint density at radius 2 is 2.35 bits per heavy atom. The highest BCUT2D eigenvalue weighted by Crippen LogP contribution is 2.19. The maximum absolute atomic E-state index is 12.4. The number of hydrogen-bond acceptors (Lipinski definition) is 6. The minimum atomic E-state index is -3.62. The number of nitrogens with one attached hydrogen (secondary N) is 2. The molecule has 2 rings (SSSR count). The fourth-order valence-corrected chi connectivity index (χ4v) is 3.82. The van der Waals surface area contributed by atoms with Crippen molar-refractivity contribution in [1.82, 2.24) is 14.6 Å². The van der Waals surface area contributed by atoms with Gasteiger partial charge in [-0.05, 0) is 38.1 Å². The second-order valence-corrected chi connectivity index (χ2v) is 6.53. The summed E-state index contributed by atoms with van der Waals surface area (Å²) in [7, 11) is -3.62. The van der Waals surface area contributed by atoms with Gasteiger partial charge in [0, 0.05) is 18.8 Å². The third-order valence-corrected chi connectivity index (χ3v) is 5.02. The summed E-state index contributed by atoms with van der Waals surface area (Å²) in [5.41, 5.74) is 2.32. The Labute approximate surface area is 119 Å². The minimum Gasteiger partial charge on any atom is -0.307 e. The minimum absolute atomic E-state index is 0.0699. The molecule has 0 radical (unpaired) electrons. The number of piperidine rings is 1. The average molecular weight is 299 g/mol. The van der Waals surface area contributed by atoms with Crippen molar-refractivity contribution in [2.24, 2.45) is 5.84 Å². The number of pyridine rings is 1. The van der Waals surface area contributed by atoms with Crippen LogP contribution >= 0.6 is 0 Å². The molecule has 0 saturated carbocycles. The number of nitrogens with two attached hydrogens (primary N) is 1. The highest BCUT2D eigenvalue weighted by atomic mass is 32.2. The van der Waals surface area contributed by atoms with E-state index in [2.05, 4.69) is 27.0 Å². The molecule has 0 spiro atoms. The van der Waals surface area contributed by atoms with Crippen molar-refractivity contribution in [1.29, 1.82) is 0 Å². The predicted octanol–water partition coefficient (Wildman–Crippen LogP) is 0.130. The van der Waals surface area contributed by atoms with E-state index in [0.29, 0.717) is 0 Å². The van der Waals surface area contributed by atoms with Gasteiger partial charge < -0.3 is 10.3 Å². The zero-order valence-corrected chi connectivity index (χ0v) is 12.4. The standard InChI is InChI=1S/C12H21N5O2S/c1-2-17-8-4-5-10(9-17)16-20(18,19)11-6-3-7-14-12(11)15-13/h3,6-7,10,16H,2,4-5,8-9,13H2,1H3,(H,14,15). The molecule has 4 N–H and O–H groups in total. The van der Waals surface area contributed by atoms with Gasteiger partial charge in [-0.15, -0.1) is 0 Å². The van der Waals surface area contributed by atoms with Gasteiger partial charge in [0.15, 0.2) is 5.82 Å². The largest absolute Gasteiger partial charge is 0.307 e. The summed E-state index contributed by atoms with van der Waals surface area (Å²) in [5, 5.41) is 0. The number of likely N-dealkylation sites (tertiary alicyclic amines) is 1. The Balaban J connectivity index is 2.14. The lowest BCUT2D eigenvalue weighted by Crippen LogP contribution is -2.47. The van der Waals surface area contributed by atoms with Gasteiger partial charge in [-0.1, -0.05) is 6.92 Å². The predicted molar refractivity (Wildman–Crippen MR) is 77.5 cm³/mol. The third kappa shape index (κ3) is 3.45. The number of likely N-dealkylation sites (N-methyl/N-ethyl adjacent to an activating group) is 1. The number of nitrogens with zero attached hydrogens (tertiary/aromatic N) is 2.